The van der Waals surface area contributed by atoms with Gasteiger partial charge in [-0.15, -0.1) is 0 Å². The molecule has 2 heterocycles. The second-order valence-corrected chi connectivity index (χ2v) is 6.63. The summed E-state index contributed by atoms with van der Waals surface area (Å²) in [5, 5.41) is 15.0. The van der Waals surface area contributed by atoms with Crippen LogP contribution in [0.5, 0.6) is 5.75 Å². The average molecular weight is 347 g/mol. The molecule has 0 spiro atoms. The molecule has 3 N–H and O–H groups in total. The number of hydrogen-bond donors (Lipinski definition) is 3. The highest BCUT2D eigenvalue weighted by molar-refractivity contribution is 5.84. The first-order valence-electron chi connectivity index (χ1n) is 8.75. The van der Waals surface area contributed by atoms with Crippen LogP contribution in [0.25, 0.3) is 0 Å². The molecule has 1 amide bonds. The van der Waals surface area contributed by atoms with Crippen molar-refractivity contribution in [2.45, 2.75) is 43.8 Å². The van der Waals surface area contributed by atoms with Crippen molar-refractivity contribution in [2.24, 2.45) is 0 Å². The first-order chi connectivity index (χ1) is 12.1. The number of anilines is 1. The van der Waals surface area contributed by atoms with E-state index < -0.39 is 18.1 Å². The number of piperidine rings is 1. The van der Waals surface area contributed by atoms with E-state index in [0.717, 1.165) is 37.4 Å². The SMILES string of the molecule is COc1ccccc1N1CCC(NC(=O)[C@H]2CC[C@@H](C(=O)O)N2)CC1. The van der Waals surface area contributed by atoms with Crippen molar-refractivity contribution in [1.82, 2.24) is 10.6 Å². The first kappa shape index (κ1) is 17.5. The average Bonchev–Trinajstić information content (AvgIpc) is 3.13. The Labute approximate surface area is 147 Å². The van der Waals surface area contributed by atoms with Gasteiger partial charge in [-0.3, -0.25) is 14.9 Å². The highest BCUT2D eigenvalue weighted by Gasteiger charge is 2.34. The van der Waals surface area contributed by atoms with Crippen LogP contribution in [0.15, 0.2) is 24.3 Å². The van der Waals surface area contributed by atoms with Gasteiger partial charge in [0.05, 0.1) is 18.8 Å². The van der Waals surface area contributed by atoms with Crippen molar-refractivity contribution in [3.8, 4) is 5.75 Å². The van der Waals surface area contributed by atoms with Crippen LogP contribution in [-0.4, -0.2) is 55.3 Å². The molecule has 0 unspecified atom stereocenters. The monoisotopic (exact) mass is 347 g/mol. The quantitative estimate of drug-likeness (QED) is 0.736. The lowest BCUT2D eigenvalue weighted by Gasteiger charge is -2.35. The Kier molecular flexibility index (Phi) is 5.43. The highest BCUT2D eigenvalue weighted by atomic mass is 16.5. The van der Waals surface area contributed by atoms with E-state index in [9.17, 15) is 9.59 Å². The lowest BCUT2D eigenvalue weighted by Crippen LogP contribution is -2.50. The fraction of sp³-hybridized carbons (Fsp3) is 0.556. The van der Waals surface area contributed by atoms with Crippen molar-refractivity contribution in [1.29, 1.82) is 0 Å². The number of para-hydroxylation sites is 2. The van der Waals surface area contributed by atoms with Gasteiger partial charge in [0.25, 0.3) is 0 Å². The molecule has 1 aromatic rings. The molecule has 0 aromatic heterocycles. The molecule has 7 nitrogen and oxygen atoms in total. The van der Waals surface area contributed by atoms with E-state index in [1.54, 1.807) is 7.11 Å². The number of carboxylic acid groups (broad SMARTS) is 1. The second kappa shape index (κ2) is 7.74. The van der Waals surface area contributed by atoms with Gasteiger partial charge < -0.3 is 20.1 Å². The molecule has 2 fully saturated rings. The standard InChI is InChI=1S/C18H25N3O4/c1-25-16-5-3-2-4-15(16)21-10-8-12(9-11-21)19-17(22)13-6-7-14(20-13)18(23)24/h2-5,12-14,20H,6-11H2,1H3,(H,19,22)(H,23,24)/t13-,14+/m1/s1. The number of benzene rings is 1. The molecule has 1 aromatic carbocycles. The third-order valence-corrected chi connectivity index (χ3v) is 5.03. The Morgan fingerprint density at radius 1 is 1.16 bits per heavy atom. The third-order valence-electron chi connectivity index (χ3n) is 5.03. The van der Waals surface area contributed by atoms with E-state index in [1.807, 2.05) is 24.3 Å². The first-order valence-corrected chi connectivity index (χ1v) is 8.75. The Bertz CT molecular complexity index is 629. The van der Waals surface area contributed by atoms with Crippen LogP contribution in [-0.2, 0) is 9.59 Å². The molecule has 0 bridgehead atoms. The molecule has 0 aliphatic carbocycles. The van der Waals surface area contributed by atoms with Gasteiger partial charge in [0, 0.05) is 19.1 Å². The van der Waals surface area contributed by atoms with E-state index in [1.165, 1.54) is 0 Å². The molecule has 25 heavy (non-hydrogen) atoms. The van der Waals surface area contributed by atoms with E-state index in [0.29, 0.717) is 12.8 Å². The molecule has 0 radical (unpaired) electrons. The van der Waals surface area contributed by atoms with Crippen LogP contribution in [0.4, 0.5) is 5.69 Å². The lowest BCUT2D eigenvalue weighted by atomic mass is 10.0. The summed E-state index contributed by atoms with van der Waals surface area (Å²) in [6.07, 6.45) is 2.79. The fourth-order valence-electron chi connectivity index (χ4n) is 3.60. The van der Waals surface area contributed by atoms with Crippen molar-refractivity contribution in [3.05, 3.63) is 24.3 Å². The summed E-state index contributed by atoms with van der Waals surface area (Å²) in [5.74, 6) is -0.111. The lowest BCUT2D eigenvalue weighted by molar-refractivity contribution is -0.139. The number of carbonyl (C=O) groups excluding carboxylic acids is 1. The number of rotatable bonds is 5. The third kappa shape index (κ3) is 4.04. The molecule has 2 atom stereocenters. The number of carbonyl (C=O) groups is 2. The van der Waals surface area contributed by atoms with Gasteiger partial charge in [0.2, 0.25) is 5.91 Å². The molecular formula is C18H25N3O4. The van der Waals surface area contributed by atoms with Gasteiger partial charge in [-0.1, -0.05) is 12.1 Å². The Balaban J connectivity index is 1.50. The summed E-state index contributed by atoms with van der Waals surface area (Å²) in [5.41, 5.74) is 1.08. The largest absolute Gasteiger partial charge is 0.495 e. The maximum atomic E-state index is 12.3. The van der Waals surface area contributed by atoms with Crippen molar-refractivity contribution in [2.75, 3.05) is 25.1 Å². The molecule has 136 valence electrons. The molecule has 2 aliphatic rings. The van der Waals surface area contributed by atoms with Crippen LogP contribution in [0.3, 0.4) is 0 Å². The summed E-state index contributed by atoms with van der Waals surface area (Å²) in [4.78, 5) is 25.6. The maximum Gasteiger partial charge on any atom is 0.320 e. The number of amides is 1. The summed E-state index contributed by atoms with van der Waals surface area (Å²) in [6.45, 7) is 1.70. The van der Waals surface area contributed by atoms with Crippen molar-refractivity contribution in [3.63, 3.8) is 0 Å². The van der Waals surface area contributed by atoms with Crippen molar-refractivity contribution >= 4 is 17.6 Å². The maximum absolute atomic E-state index is 12.3. The van der Waals surface area contributed by atoms with Crippen LogP contribution < -0.4 is 20.3 Å². The smallest absolute Gasteiger partial charge is 0.320 e. The topological polar surface area (TPSA) is 90.9 Å². The van der Waals surface area contributed by atoms with E-state index >= 15 is 0 Å². The zero-order valence-corrected chi connectivity index (χ0v) is 14.4. The summed E-state index contributed by atoms with van der Waals surface area (Å²) < 4.78 is 5.42. The van der Waals surface area contributed by atoms with Gasteiger partial charge in [0.1, 0.15) is 11.8 Å². The Morgan fingerprint density at radius 2 is 1.84 bits per heavy atom. The minimum Gasteiger partial charge on any atom is -0.495 e. The van der Waals surface area contributed by atoms with Crippen molar-refractivity contribution < 1.29 is 19.4 Å². The summed E-state index contributed by atoms with van der Waals surface area (Å²) in [7, 11) is 1.67. The Hall–Kier alpha value is -2.28. The second-order valence-electron chi connectivity index (χ2n) is 6.63. The minimum atomic E-state index is -0.889. The van der Waals surface area contributed by atoms with Crippen LogP contribution in [0, 0.1) is 0 Å². The molecular weight excluding hydrogens is 322 g/mol. The van der Waals surface area contributed by atoms with Gasteiger partial charge in [-0.25, -0.2) is 0 Å². The molecule has 0 saturated carbocycles. The Morgan fingerprint density at radius 3 is 2.48 bits per heavy atom. The number of aliphatic carboxylic acids is 1. The van der Waals surface area contributed by atoms with Gasteiger partial charge >= 0.3 is 5.97 Å². The zero-order chi connectivity index (χ0) is 17.8. The van der Waals surface area contributed by atoms with E-state index in [2.05, 4.69) is 15.5 Å². The normalized spacial score (nSPS) is 24.1. The molecule has 3 rings (SSSR count). The van der Waals surface area contributed by atoms with Gasteiger partial charge in [-0.05, 0) is 37.8 Å². The van der Waals surface area contributed by atoms with Crippen LogP contribution in [0.2, 0.25) is 0 Å². The predicted octanol–water partition coefficient (Wildman–Crippen LogP) is 0.985. The number of methoxy groups -OCH3 is 1. The summed E-state index contributed by atoms with van der Waals surface area (Å²) >= 11 is 0. The fourth-order valence-corrected chi connectivity index (χ4v) is 3.60. The number of carboxylic acids is 1. The van der Waals surface area contributed by atoms with Gasteiger partial charge in [0.15, 0.2) is 0 Å². The molecule has 2 aliphatic heterocycles. The minimum absolute atomic E-state index is 0.0838. The molecule has 7 heteroatoms. The number of nitrogens with one attached hydrogen (secondary N) is 2. The molecule has 2 saturated heterocycles. The van der Waals surface area contributed by atoms with Crippen LogP contribution >= 0.6 is 0 Å². The van der Waals surface area contributed by atoms with E-state index in [-0.39, 0.29) is 11.9 Å². The number of nitrogens with zero attached hydrogens (tertiary/aromatic N) is 1. The van der Waals surface area contributed by atoms with E-state index in [4.69, 9.17) is 9.84 Å². The van der Waals surface area contributed by atoms with Gasteiger partial charge in [-0.2, -0.15) is 0 Å². The summed E-state index contributed by atoms with van der Waals surface area (Å²) in [6, 6.07) is 7.07. The van der Waals surface area contributed by atoms with Crippen LogP contribution in [0.1, 0.15) is 25.7 Å². The number of hydrogen-bond acceptors (Lipinski definition) is 5. The highest BCUT2D eigenvalue weighted by Crippen LogP contribution is 2.29. The zero-order valence-electron chi connectivity index (χ0n) is 14.4. The number of ether oxygens (including phenoxy) is 1. The predicted molar refractivity (Wildman–Crippen MR) is 94.0 cm³/mol.